The Morgan fingerprint density at radius 2 is 1.62 bits per heavy atom. The van der Waals surface area contributed by atoms with Crippen LogP contribution < -0.4 is 0 Å². The summed E-state index contributed by atoms with van der Waals surface area (Å²) >= 11 is -2.38. The normalized spacial score (nSPS) is 32.6. The molecule has 0 saturated carbocycles. The first-order valence-electron chi connectivity index (χ1n) is 12.1. The van der Waals surface area contributed by atoms with E-state index in [0.717, 1.165) is 0 Å². The molecule has 0 unspecified atom stereocenters. The van der Waals surface area contributed by atoms with Crippen LogP contribution in [0.5, 0.6) is 0 Å². The quantitative estimate of drug-likeness (QED) is 0.299. The van der Waals surface area contributed by atoms with Crippen LogP contribution in [0.15, 0.2) is 10.2 Å². The van der Waals surface area contributed by atoms with Gasteiger partial charge in [-0.2, -0.15) is 0 Å². The van der Waals surface area contributed by atoms with Crippen LogP contribution in [0.4, 0.5) is 0 Å². The van der Waals surface area contributed by atoms with Crippen LogP contribution in [0.2, 0.25) is 13.3 Å². The van der Waals surface area contributed by atoms with Crippen LogP contribution >= 0.6 is 0 Å². The van der Waals surface area contributed by atoms with E-state index in [1.54, 1.807) is 0 Å². The van der Waals surface area contributed by atoms with E-state index in [-0.39, 0.29) is 18.1 Å². The predicted octanol–water partition coefficient (Wildman–Crippen LogP) is 6.56. The second kappa shape index (κ2) is 11.5. The van der Waals surface area contributed by atoms with Crippen LogP contribution in [0.25, 0.3) is 0 Å². The number of unbranched alkanes of at least 4 members (excludes halogenated alkanes) is 3. The van der Waals surface area contributed by atoms with Crippen molar-refractivity contribution in [1.29, 1.82) is 0 Å². The molecular weight excluding hydrogens is 471 g/mol. The van der Waals surface area contributed by atoms with Gasteiger partial charge in [0.25, 0.3) is 0 Å². The van der Waals surface area contributed by atoms with Gasteiger partial charge in [-0.05, 0) is 0 Å². The summed E-state index contributed by atoms with van der Waals surface area (Å²) in [7, 11) is 0. The molecule has 0 aliphatic carbocycles. The first kappa shape index (κ1) is 25.2. The summed E-state index contributed by atoms with van der Waals surface area (Å²) in [5.41, 5.74) is 0. The molecule has 1 N–H and O–H groups in total. The van der Waals surface area contributed by atoms with Crippen molar-refractivity contribution in [1.82, 2.24) is 0 Å². The Morgan fingerprint density at radius 1 is 1.07 bits per heavy atom. The first-order chi connectivity index (χ1) is 13.8. The molecule has 2 heterocycles. The molecule has 2 aliphatic rings. The molecule has 0 aromatic carbocycles. The molecule has 4 nitrogen and oxygen atoms in total. The molecule has 0 amide bonds. The molecule has 0 aromatic rings. The molecule has 0 radical (unpaired) electrons. The summed E-state index contributed by atoms with van der Waals surface area (Å²) in [6.07, 6.45) is 11.2. The Balaban J connectivity index is 2.23. The van der Waals surface area contributed by atoms with Gasteiger partial charge in [-0.3, -0.25) is 0 Å². The van der Waals surface area contributed by atoms with Crippen molar-refractivity contribution in [3.05, 3.63) is 10.2 Å². The van der Waals surface area contributed by atoms with Gasteiger partial charge in [0.15, 0.2) is 0 Å². The summed E-state index contributed by atoms with van der Waals surface area (Å²) in [6, 6.07) is 0. The van der Waals surface area contributed by atoms with Crippen LogP contribution in [0.3, 0.4) is 0 Å². The SMILES string of the molecule is CCC[CH2][Sn](/[CH]=C/[C@@H]1O[C@]2(C)CC[C@@H](C(=O)O)[C@@H](O2)[C@H]1C)([CH2]CCC)[CH2]CCC. The number of hydrogen-bond donors (Lipinski definition) is 1. The minimum atomic E-state index is -2.38. The van der Waals surface area contributed by atoms with Crippen molar-refractivity contribution in [3.8, 4) is 0 Å². The van der Waals surface area contributed by atoms with Crippen LogP contribution in [0, 0.1) is 11.8 Å². The Hall–Kier alpha value is -0.0713. The molecule has 0 aromatic heterocycles. The number of ether oxygens (including phenoxy) is 2. The minimum absolute atomic E-state index is 0.0261. The molecule has 2 fully saturated rings. The number of aliphatic carboxylic acids is 1. The van der Waals surface area contributed by atoms with E-state index in [1.165, 1.54) is 51.8 Å². The fourth-order valence-electron chi connectivity index (χ4n) is 5.14. The Bertz CT molecular complexity index is 527. The number of carbonyl (C=O) groups is 1. The maximum atomic E-state index is 11.8. The average Bonchev–Trinajstić information content (AvgIpc) is 2.70. The third kappa shape index (κ3) is 6.70. The van der Waals surface area contributed by atoms with Gasteiger partial charge in [-0.1, -0.05) is 0 Å². The van der Waals surface area contributed by atoms with Gasteiger partial charge in [0, 0.05) is 0 Å². The van der Waals surface area contributed by atoms with E-state index in [0.29, 0.717) is 12.8 Å². The van der Waals surface area contributed by atoms with Gasteiger partial charge in [-0.15, -0.1) is 0 Å². The number of hydrogen-bond acceptors (Lipinski definition) is 3. The third-order valence-corrected chi connectivity index (χ3v) is 21.3. The van der Waals surface area contributed by atoms with Crippen LogP contribution in [-0.4, -0.2) is 47.4 Å². The second-order valence-electron chi connectivity index (χ2n) is 9.67. The second-order valence-corrected chi connectivity index (χ2v) is 22.7. The van der Waals surface area contributed by atoms with Gasteiger partial charge < -0.3 is 0 Å². The summed E-state index contributed by atoms with van der Waals surface area (Å²) in [6.45, 7) is 11.0. The molecule has 2 aliphatic heterocycles. The number of carboxylic acid groups (broad SMARTS) is 1. The molecule has 5 heteroatoms. The van der Waals surface area contributed by atoms with E-state index in [4.69, 9.17) is 9.47 Å². The fourth-order valence-corrected chi connectivity index (χ4v) is 19.5. The van der Waals surface area contributed by atoms with E-state index in [9.17, 15) is 9.90 Å². The summed E-state index contributed by atoms with van der Waals surface area (Å²) in [5, 5.41) is 9.66. The van der Waals surface area contributed by atoms with Gasteiger partial charge in [0.2, 0.25) is 0 Å². The van der Waals surface area contributed by atoms with Crippen molar-refractivity contribution >= 4 is 24.3 Å². The van der Waals surface area contributed by atoms with Crippen molar-refractivity contribution < 1.29 is 19.4 Å². The maximum absolute atomic E-state index is 11.8. The molecule has 168 valence electrons. The van der Waals surface area contributed by atoms with Gasteiger partial charge in [0.05, 0.1) is 0 Å². The molecular formula is C24H44O4Sn. The molecule has 0 spiro atoms. The van der Waals surface area contributed by atoms with Crippen molar-refractivity contribution in [3.63, 3.8) is 0 Å². The number of rotatable bonds is 12. The Labute approximate surface area is 182 Å². The topological polar surface area (TPSA) is 55.8 Å². The zero-order valence-electron chi connectivity index (χ0n) is 19.4. The average molecular weight is 515 g/mol. The number of fused-ring (bicyclic) bond motifs is 2. The van der Waals surface area contributed by atoms with Crippen molar-refractivity contribution in [2.75, 3.05) is 0 Å². The van der Waals surface area contributed by atoms with Crippen LogP contribution in [0.1, 0.15) is 86.0 Å². The van der Waals surface area contributed by atoms with Gasteiger partial charge in [-0.25, -0.2) is 0 Å². The summed E-state index contributed by atoms with van der Waals surface area (Å²) in [5.74, 6) is -1.69. The standard InChI is InChI=1S/C12H17O4.3C4H9.Sn/c1-4-9-7(2)10-8(11(13)14)5-6-12(3,15-9)16-10;3*1-3-4-2;/h1,4,7-10H,5-6H2,2-3H3,(H,13,14);3*1,3-4H2,2H3;/t7-,8+,9-,10-,12-;;;;/m0..../s1. The third-order valence-electron chi connectivity index (χ3n) is 7.15. The Kier molecular flexibility index (Phi) is 10.0. The summed E-state index contributed by atoms with van der Waals surface area (Å²) in [4.78, 5) is 11.8. The zero-order valence-corrected chi connectivity index (χ0v) is 22.3. The van der Waals surface area contributed by atoms with E-state index < -0.39 is 36.1 Å². The van der Waals surface area contributed by atoms with Crippen LogP contribution in [-0.2, 0) is 14.3 Å². The predicted molar refractivity (Wildman–Crippen MR) is 122 cm³/mol. The molecule has 29 heavy (non-hydrogen) atoms. The van der Waals surface area contributed by atoms with Gasteiger partial charge in [0.1, 0.15) is 0 Å². The molecule has 5 atom stereocenters. The Morgan fingerprint density at radius 3 is 2.10 bits per heavy atom. The summed E-state index contributed by atoms with van der Waals surface area (Å²) < 4.78 is 19.5. The number of carboxylic acids is 1. The monoisotopic (exact) mass is 516 g/mol. The molecule has 2 saturated heterocycles. The van der Waals surface area contributed by atoms with E-state index in [1.807, 2.05) is 6.92 Å². The van der Waals surface area contributed by atoms with Gasteiger partial charge >= 0.3 is 183 Å². The van der Waals surface area contributed by atoms with E-state index >= 15 is 0 Å². The van der Waals surface area contributed by atoms with E-state index in [2.05, 4.69) is 37.9 Å². The fraction of sp³-hybridized carbons (Fsp3) is 0.875. The molecule has 2 rings (SSSR count). The first-order valence-corrected chi connectivity index (χ1v) is 19.8. The molecule has 2 bridgehead atoms. The van der Waals surface area contributed by atoms with Crippen molar-refractivity contribution in [2.45, 2.75) is 117 Å². The zero-order chi connectivity index (χ0) is 21.5. The van der Waals surface area contributed by atoms with Crippen molar-refractivity contribution in [2.24, 2.45) is 11.8 Å².